The molecule has 3 nitrogen and oxygen atoms in total. The van der Waals surface area contributed by atoms with Crippen LogP contribution in [-0.4, -0.2) is 24.1 Å². The van der Waals surface area contributed by atoms with Crippen LogP contribution in [-0.2, 0) is 4.74 Å². The van der Waals surface area contributed by atoms with Crippen molar-refractivity contribution in [3.05, 3.63) is 12.7 Å². The van der Waals surface area contributed by atoms with E-state index in [1.807, 2.05) is 6.08 Å². The molecule has 0 spiro atoms. The van der Waals surface area contributed by atoms with Crippen LogP contribution in [0.25, 0.3) is 0 Å². The van der Waals surface area contributed by atoms with Crippen LogP contribution in [0.2, 0.25) is 0 Å². The molecule has 0 aromatic heterocycles. The first-order chi connectivity index (χ1) is 6.36. The second kappa shape index (κ2) is 5.75. The third-order valence-electron chi connectivity index (χ3n) is 2.21. The lowest BCUT2D eigenvalue weighted by Gasteiger charge is -2.13. The maximum Gasteiger partial charge on any atom is 0.0855 e. The fourth-order valence-corrected chi connectivity index (χ4v) is 1.36. The number of hydrogen-bond donors (Lipinski definition) is 1. The van der Waals surface area contributed by atoms with Crippen LogP contribution in [0.3, 0.4) is 0 Å². The number of hydrogen-bond acceptors (Lipinski definition) is 3. The quantitative estimate of drug-likeness (QED) is 0.284. The second-order valence-electron chi connectivity index (χ2n) is 3.46. The molecule has 0 radical (unpaired) electrons. The summed E-state index contributed by atoms with van der Waals surface area (Å²) < 4.78 is 5.49. The van der Waals surface area contributed by atoms with E-state index in [-0.39, 0.29) is 6.10 Å². The summed E-state index contributed by atoms with van der Waals surface area (Å²) in [6, 6.07) is 0. The van der Waals surface area contributed by atoms with E-state index >= 15 is 0 Å². The smallest absolute Gasteiger partial charge is 0.0855 e. The summed E-state index contributed by atoms with van der Waals surface area (Å²) in [7, 11) is 0. The van der Waals surface area contributed by atoms with Gasteiger partial charge in [0, 0.05) is 0 Å². The number of rotatable bonds is 7. The summed E-state index contributed by atoms with van der Waals surface area (Å²) >= 11 is 0. The van der Waals surface area contributed by atoms with E-state index in [1.54, 1.807) is 0 Å². The van der Waals surface area contributed by atoms with E-state index in [2.05, 4.69) is 11.7 Å². The molecule has 1 aliphatic rings. The van der Waals surface area contributed by atoms with Crippen molar-refractivity contribution in [2.24, 2.45) is 11.1 Å². The molecule has 0 aromatic carbocycles. The molecule has 0 bridgehead atoms. The van der Waals surface area contributed by atoms with Gasteiger partial charge in [0.2, 0.25) is 0 Å². The van der Waals surface area contributed by atoms with Crippen molar-refractivity contribution in [2.45, 2.75) is 31.8 Å². The van der Waals surface area contributed by atoms with Gasteiger partial charge in [0.05, 0.1) is 18.9 Å². The minimum atomic E-state index is 0.253. The summed E-state index contributed by atoms with van der Waals surface area (Å²) in [5.74, 6) is 0.857. The predicted molar refractivity (Wildman–Crippen MR) is 52.2 cm³/mol. The van der Waals surface area contributed by atoms with Crippen LogP contribution in [0.15, 0.2) is 17.8 Å². The van der Waals surface area contributed by atoms with Gasteiger partial charge < -0.3 is 9.94 Å². The molecule has 13 heavy (non-hydrogen) atoms. The Bertz CT molecular complexity index is 176. The van der Waals surface area contributed by atoms with E-state index in [1.165, 1.54) is 19.1 Å². The Kier molecular flexibility index (Phi) is 4.54. The molecular formula is C10H17NO2. The topological polar surface area (TPSA) is 41.8 Å². The minimum Gasteiger partial charge on any atom is -0.411 e. The lowest BCUT2D eigenvalue weighted by atomic mass is 10.1. The Morgan fingerprint density at radius 1 is 1.62 bits per heavy atom. The molecular weight excluding hydrogens is 166 g/mol. The molecule has 1 atom stereocenters. The molecule has 0 heterocycles. The van der Waals surface area contributed by atoms with Crippen LogP contribution in [0.1, 0.15) is 25.7 Å². The van der Waals surface area contributed by atoms with Crippen molar-refractivity contribution >= 4 is 6.21 Å². The van der Waals surface area contributed by atoms with E-state index in [0.717, 1.165) is 18.8 Å². The van der Waals surface area contributed by atoms with Crippen molar-refractivity contribution in [1.82, 2.24) is 0 Å². The Morgan fingerprint density at radius 3 is 2.92 bits per heavy atom. The van der Waals surface area contributed by atoms with Gasteiger partial charge in [-0.25, -0.2) is 0 Å². The van der Waals surface area contributed by atoms with Crippen molar-refractivity contribution in [1.29, 1.82) is 0 Å². The fourth-order valence-electron chi connectivity index (χ4n) is 1.36. The highest BCUT2D eigenvalue weighted by Gasteiger charge is 2.25. The van der Waals surface area contributed by atoms with Crippen LogP contribution < -0.4 is 0 Å². The van der Waals surface area contributed by atoms with Gasteiger partial charge >= 0.3 is 0 Å². The van der Waals surface area contributed by atoms with Crippen molar-refractivity contribution in [3.8, 4) is 0 Å². The van der Waals surface area contributed by atoms with Crippen molar-refractivity contribution in [2.75, 3.05) is 6.61 Å². The van der Waals surface area contributed by atoms with Gasteiger partial charge in [-0.1, -0.05) is 24.1 Å². The largest absolute Gasteiger partial charge is 0.411 e. The van der Waals surface area contributed by atoms with Crippen molar-refractivity contribution < 1.29 is 9.94 Å². The third kappa shape index (κ3) is 4.68. The zero-order valence-corrected chi connectivity index (χ0v) is 7.85. The molecule has 1 N–H and O–H groups in total. The summed E-state index contributed by atoms with van der Waals surface area (Å²) in [5, 5.41) is 11.1. The van der Waals surface area contributed by atoms with E-state index in [0.29, 0.717) is 6.61 Å². The number of nitrogens with zero attached hydrogens (tertiary/aromatic N) is 1. The van der Waals surface area contributed by atoms with Gasteiger partial charge in [-0.15, -0.1) is 6.58 Å². The molecule has 0 aromatic rings. The van der Waals surface area contributed by atoms with Gasteiger partial charge in [0.1, 0.15) is 0 Å². The molecule has 1 saturated carbocycles. The summed E-state index contributed by atoms with van der Waals surface area (Å²) in [6.45, 7) is 4.08. The van der Waals surface area contributed by atoms with Gasteiger partial charge in [0.15, 0.2) is 0 Å². The lowest BCUT2D eigenvalue weighted by Crippen LogP contribution is -2.14. The molecule has 0 amide bonds. The Balaban J connectivity index is 2.14. The number of ether oxygens (including phenoxy) is 1. The fraction of sp³-hybridized carbons (Fsp3) is 0.700. The molecule has 1 fully saturated rings. The third-order valence-corrected chi connectivity index (χ3v) is 2.21. The molecule has 3 heteroatoms. The van der Waals surface area contributed by atoms with E-state index in [4.69, 9.17) is 9.94 Å². The minimum absolute atomic E-state index is 0.253. The van der Waals surface area contributed by atoms with Crippen LogP contribution in [0, 0.1) is 5.92 Å². The maximum atomic E-state index is 8.17. The maximum absolute atomic E-state index is 8.17. The zero-order chi connectivity index (χ0) is 9.52. The highest BCUT2D eigenvalue weighted by Crippen LogP contribution is 2.34. The molecule has 1 unspecified atom stereocenters. The first-order valence-corrected chi connectivity index (χ1v) is 4.75. The zero-order valence-electron chi connectivity index (χ0n) is 7.85. The second-order valence-corrected chi connectivity index (χ2v) is 3.46. The predicted octanol–water partition coefficient (Wildman–Crippen LogP) is 2.21. The Hall–Kier alpha value is -0.830. The van der Waals surface area contributed by atoms with Crippen LogP contribution >= 0.6 is 0 Å². The summed E-state index contributed by atoms with van der Waals surface area (Å²) in [5.41, 5.74) is 0. The summed E-state index contributed by atoms with van der Waals surface area (Å²) in [4.78, 5) is 0. The van der Waals surface area contributed by atoms with Crippen LogP contribution in [0.5, 0.6) is 0 Å². The van der Waals surface area contributed by atoms with Gasteiger partial charge in [-0.3, -0.25) is 0 Å². The highest BCUT2D eigenvalue weighted by atomic mass is 16.5. The van der Waals surface area contributed by atoms with Crippen LogP contribution in [0.4, 0.5) is 0 Å². The van der Waals surface area contributed by atoms with Gasteiger partial charge in [0.25, 0.3) is 0 Å². The normalized spacial score (nSPS) is 19.1. The van der Waals surface area contributed by atoms with E-state index in [9.17, 15) is 0 Å². The standard InChI is InChI=1S/C10H17NO2/c1-2-3-10(8-9-4-5-9)13-7-6-11-12/h2,6,9-10,12H,1,3-5,7-8H2/b11-6+. The molecule has 0 aliphatic heterocycles. The summed E-state index contributed by atoms with van der Waals surface area (Å²) in [6.07, 6.45) is 8.17. The van der Waals surface area contributed by atoms with E-state index < -0.39 is 0 Å². The number of oxime groups is 1. The SMILES string of the molecule is C=CCC(CC1CC1)OC/C=N/O. The molecule has 0 saturated heterocycles. The van der Waals surface area contributed by atoms with Crippen molar-refractivity contribution in [3.63, 3.8) is 0 Å². The average Bonchev–Trinajstić information content (AvgIpc) is 2.89. The molecule has 74 valence electrons. The van der Waals surface area contributed by atoms with Gasteiger partial charge in [-0.2, -0.15) is 0 Å². The molecule has 1 aliphatic carbocycles. The Labute approximate surface area is 79.1 Å². The Morgan fingerprint density at radius 2 is 2.38 bits per heavy atom. The van der Waals surface area contributed by atoms with Gasteiger partial charge in [-0.05, 0) is 18.8 Å². The highest BCUT2D eigenvalue weighted by molar-refractivity contribution is 5.57. The molecule has 1 rings (SSSR count). The monoisotopic (exact) mass is 183 g/mol. The lowest BCUT2D eigenvalue weighted by molar-refractivity contribution is 0.0736. The first kappa shape index (κ1) is 10.3. The average molecular weight is 183 g/mol. The first-order valence-electron chi connectivity index (χ1n) is 4.75.